The molecule has 0 bridgehead atoms. The molecule has 0 atom stereocenters. The molecule has 4 rings (SSSR count). The standard InChI is InChI=1S/C25H32N6O2S2/c1-25(2,3)18-9-11-19(12-10-18)31(23(33)20-13-14-21(34-4)35-20)15-16-5-7-17(8-6-16)22(32)26-24-27-29-30-28-24/h5-8,13-14,18-19H,9-12,15H2,1-4H3,(H2,26,27,28,29,30,32). The SMILES string of the molecule is CSc1ccc(C(=O)N(Cc2ccc(C(=O)Nc3nn[nH]n3)cc2)C2CCC(C(C)(C)C)CC2)s1. The molecule has 10 heteroatoms. The van der Waals surface area contributed by atoms with Crippen LogP contribution in [-0.4, -0.2) is 49.6 Å². The van der Waals surface area contributed by atoms with E-state index in [0.29, 0.717) is 23.4 Å². The molecule has 1 fully saturated rings. The lowest BCUT2D eigenvalue weighted by Gasteiger charge is -2.41. The molecule has 2 aromatic heterocycles. The maximum Gasteiger partial charge on any atom is 0.270 e. The van der Waals surface area contributed by atoms with Gasteiger partial charge < -0.3 is 4.90 Å². The van der Waals surface area contributed by atoms with Gasteiger partial charge in [-0.2, -0.15) is 5.21 Å². The maximum absolute atomic E-state index is 13.6. The molecule has 0 spiro atoms. The van der Waals surface area contributed by atoms with Crippen LogP contribution >= 0.6 is 23.1 Å². The number of carbonyl (C=O) groups excluding carboxylic acids is 2. The fourth-order valence-corrected chi connectivity index (χ4v) is 6.15. The summed E-state index contributed by atoms with van der Waals surface area (Å²) < 4.78 is 1.14. The van der Waals surface area contributed by atoms with Crippen LogP contribution in [0.2, 0.25) is 0 Å². The quantitative estimate of drug-likeness (QED) is 0.406. The summed E-state index contributed by atoms with van der Waals surface area (Å²) in [7, 11) is 0. The first-order chi connectivity index (χ1) is 16.7. The highest BCUT2D eigenvalue weighted by molar-refractivity contribution is 8.00. The Morgan fingerprint density at radius 3 is 2.40 bits per heavy atom. The number of aromatic nitrogens is 4. The molecule has 0 saturated heterocycles. The van der Waals surface area contributed by atoms with Crippen LogP contribution in [0.3, 0.4) is 0 Å². The minimum atomic E-state index is -0.311. The number of amides is 2. The molecule has 1 aliphatic carbocycles. The van der Waals surface area contributed by atoms with Gasteiger partial charge in [0.15, 0.2) is 0 Å². The van der Waals surface area contributed by atoms with Crippen molar-refractivity contribution in [3.05, 3.63) is 52.4 Å². The molecule has 35 heavy (non-hydrogen) atoms. The lowest BCUT2D eigenvalue weighted by atomic mass is 9.71. The topological polar surface area (TPSA) is 104 Å². The van der Waals surface area contributed by atoms with Crippen molar-refractivity contribution in [2.24, 2.45) is 11.3 Å². The summed E-state index contributed by atoms with van der Waals surface area (Å²) in [6.07, 6.45) is 6.32. The number of carbonyl (C=O) groups is 2. The van der Waals surface area contributed by atoms with Crippen molar-refractivity contribution in [1.29, 1.82) is 0 Å². The Bertz CT molecular complexity index is 1130. The Morgan fingerprint density at radius 2 is 1.83 bits per heavy atom. The molecule has 0 radical (unpaired) electrons. The zero-order valence-corrected chi connectivity index (χ0v) is 22.2. The van der Waals surface area contributed by atoms with Gasteiger partial charge in [0.2, 0.25) is 0 Å². The Hall–Kier alpha value is -2.72. The van der Waals surface area contributed by atoms with Crippen LogP contribution in [-0.2, 0) is 6.54 Å². The van der Waals surface area contributed by atoms with E-state index in [1.54, 1.807) is 35.2 Å². The Balaban J connectivity index is 1.50. The summed E-state index contributed by atoms with van der Waals surface area (Å²) in [6.45, 7) is 7.45. The molecule has 1 saturated carbocycles. The number of benzene rings is 1. The van der Waals surface area contributed by atoms with Crippen molar-refractivity contribution in [2.75, 3.05) is 11.6 Å². The number of hydrogen-bond acceptors (Lipinski definition) is 7. The molecule has 3 aromatic rings. The van der Waals surface area contributed by atoms with Crippen molar-refractivity contribution in [2.45, 2.75) is 63.3 Å². The van der Waals surface area contributed by atoms with Crippen molar-refractivity contribution < 1.29 is 9.59 Å². The number of aromatic amines is 1. The highest BCUT2D eigenvalue weighted by atomic mass is 32.2. The van der Waals surface area contributed by atoms with Crippen LogP contribution in [0.4, 0.5) is 5.95 Å². The van der Waals surface area contributed by atoms with Crippen LogP contribution in [0, 0.1) is 11.3 Å². The minimum Gasteiger partial charge on any atom is -0.331 e. The second kappa shape index (κ2) is 10.9. The second-order valence-electron chi connectivity index (χ2n) is 10.0. The first-order valence-electron chi connectivity index (χ1n) is 11.8. The fraction of sp³-hybridized carbons (Fsp3) is 0.480. The van der Waals surface area contributed by atoms with Crippen LogP contribution in [0.1, 0.15) is 72.0 Å². The van der Waals surface area contributed by atoms with Crippen LogP contribution in [0.25, 0.3) is 0 Å². The molecular weight excluding hydrogens is 480 g/mol. The molecule has 1 aliphatic rings. The zero-order valence-electron chi connectivity index (χ0n) is 20.6. The van der Waals surface area contributed by atoms with Crippen LogP contribution in [0.5, 0.6) is 0 Å². The zero-order chi connectivity index (χ0) is 25.0. The second-order valence-corrected chi connectivity index (χ2v) is 12.2. The van der Waals surface area contributed by atoms with Gasteiger partial charge in [0.1, 0.15) is 0 Å². The van der Waals surface area contributed by atoms with E-state index < -0.39 is 0 Å². The molecule has 2 N–H and O–H groups in total. The first kappa shape index (κ1) is 25.4. The number of nitrogens with zero attached hydrogens (tertiary/aromatic N) is 4. The number of H-pyrrole nitrogens is 1. The van der Waals surface area contributed by atoms with Crippen LogP contribution in [0.15, 0.2) is 40.6 Å². The summed E-state index contributed by atoms with van der Waals surface area (Å²) in [5, 5.41) is 15.8. The van der Waals surface area contributed by atoms with Gasteiger partial charge in [0.05, 0.1) is 9.09 Å². The van der Waals surface area contributed by atoms with E-state index >= 15 is 0 Å². The van der Waals surface area contributed by atoms with E-state index in [9.17, 15) is 9.59 Å². The number of hydrogen-bond donors (Lipinski definition) is 2. The van der Waals surface area contributed by atoms with E-state index in [2.05, 4.69) is 46.7 Å². The predicted octanol–water partition coefficient (Wildman–Crippen LogP) is 5.48. The predicted molar refractivity (Wildman–Crippen MR) is 140 cm³/mol. The molecule has 8 nitrogen and oxygen atoms in total. The van der Waals surface area contributed by atoms with E-state index in [0.717, 1.165) is 40.3 Å². The van der Waals surface area contributed by atoms with Gasteiger partial charge in [-0.3, -0.25) is 14.9 Å². The van der Waals surface area contributed by atoms with E-state index in [1.807, 2.05) is 35.4 Å². The average molecular weight is 513 g/mol. The largest absolute Gasteiger partial charge is 0.331 e. The third-order valence-electron chi connectivity index (χ3n) is 6.76. The molecule has 186 valence electrons. The van der Waals surface area contributed by atoms with Gasteiger partial charge in [-0.25, -0.2) is 0 Å². The third kappa shape index (κ3) is 6.29. The Labute approximate surface area is 214 Å². The average Bonchev–Trinajstić information content (AvgIpc) is 3.54. The highest BCUT2D eigenvalue weighted by Crippen LogP contribution is 2.40. The maximum atomic E-state index is 13.6. The van der Waals surface area contributed by atoms with Crippen molar-refractivity contribution in [3.63, 3.8) is 0 Å². The molecule has 0 unspecified atom stereocenters. The highest BCUT2D eigenvalue weighted by Gasteiger charge is 2.34. The summed E-state index contributed by atoms with van der Waals surface area (Å²) in [6, 6.07) is 11.5. The smallest absolute Gasteiger partial charge is 0.270 e. The van der Waals surface area contributed by atoms with Crippen molar-refractivity contribution >= 4 is 40.9 Å². The molecule has 1 aromatic carbocycles. The van der Waals surface area contributed by atoms with E-state index in [1.165, 1.54) is 0 Å². The summed E-state index contributed by atoms with van der Waals surface area (Å²) in [5.74, 6) is 0.586. The fourth-order valence-electron chi connectivity index (χ4n) is 4.65. The number of tetrazole rings is 1. The van der Waals surface area contributed by atoms with Crippen molar-refractivity contribution in [3.8, 4) is 0 Å². The van der Waals surface area contributed by atoms with Gasteiger partial charge in [-0.05, 0) is 78.3 Å². The molecule has 0 aliphatic heterocycles. The van der Waals surface area contributed by atoms with Gasteiger partial charge in [0.25, 0.3) is 17.8 Å². The molecule has 2 amide bonds. The number of nitrogens with one attached hydrogen (secondary N) is 2. The summed E-state index contributed by atoms with van der Waals surface area (Å²) >= 11 is 3.22. The number of thiophene rings is 1. The third-order valence-corrected chi connectivity index (χ3v) is 8.91. The first-order valence-corrected chi connectivity index (χ1v) is 13.9. The van der Waals surface area contributed by atoms with E-state index in [4.69, 9.17) is 0 Å². The van der Waals surface area contributed by atoms with Crippen molar-refractivity contribution in [1.82, 2.24) is 25.5 Å². The monoisotopic (exact) mass is 512 g/mol. The number of rotatable bonds is 7. The number of thioether (sulfide) groups is 1. The van der Waals surface area contributed by atoms with Gasteiger partial charge in [-0.1, -0.05) is 38.0 Å². The Morgan fingerprint density at radius 1 is 1.11 bits per heavy atom. The lowest BCUT2D eigenvalue weighted by molar-refractivity contribution is 0.0535. The molecular formula is C25H32N6O2S2. The van der Waals surface area contributed by atoms with Gasteiger partial charge in [0, 0.05) is 18.2 Å². The van der Waals surface area contributed by atoms with Gasteiger partial charge >= 0.3 is 0 Å². The summed E-state index contributed by atoms with van der Waals surface area (Å²) in [5.41, 5.74) is 1.78. The van der Waals surface area contributed by atoms with Crippen LogP contribution < -0.4 is 5.32 Å². The molecule has 2 heterocycles. The normalized spacial score (nSPS) is 18.3. The summed E-state index contributed by atoms with van der Waals surface area (Å²) in [4.78, 5) is 28.9. The van der Waals surface area contributed by atoms with E-state index in [-0.39, 0.29) is 23.8 Å². The van der Waals surface area contributed by atoms with Gasteiger partial charge in [-0.15, -0.1) is 28.2 Å². The number of anilines is 1. The Kier molecular flexibility index (Phi) is 7.91. The minimum absolute atomic E-state index is 0.0911. The lowest BCUT2D eigenvalue weighted by Crippen LogP contribution is -2.42.